The molecule has 2 N–H and O–H groups in total. The third-order valence-electron chi connectivity index (χ3n) is 6.37. The Labute approximate surface area is 206 Å². The zero-order valence-corrected chi connectivity index (χ0v) is 20.5. The van der Waals surface area contributed by atoms with Crippen LogP contribution in [0.1, 0.15) is 46.8 Å². The highest BCUT2D eigenvalue weighted by atomic mass is 19.1. The first-order valence-corrected chi connectivity index (χ1v) is 11.7. The number of aliphatic carboxylic acids is 1. The molecule has 3 aromatic carbocycles. The van der Waals surface area contributed by atoms with Crippen molar-refractivity contribution in [2.45, 2.75) is 45.1 Å². The lowest BCUT2D eigenvalue weighted by Gasteiger charge is -2.25. The predicted molar refractivity (Wildman–Crippen MR) is 134 cm³/mol. The first-order valence-electron chi connectivity index (χ1n) is 11.7. The van der Waals surface area contributed by atoms with Crippen molar-refractivity contribution in [3.63, 3.8) is 0 Å². The summed E-state index contributed by atoms with van der Waals surface area (Å²) in [4.78, 5) is 11.0. The van der Waals surface area contributed by atoms with Crippen molar-refractivity contribution in [1.29, 1.82) is 0 Å². The number of aryl methyl sites for hydroxylation is 1. The second kappa shape index (κ2) is 12.4. The zero-order valence-electron chi connectivity index (χ0n) is 20.5. The number of aliphatic hydroxyl groups excluding tert-OH is 1. The van der Waals surface area contributed by atoms with E-state index in [1.807, 2.05) is 49.4 Å². The van der Waals surface area contributed by atoms with Gasteiger partial charge in [-0.2, -0.15) is 0 Å². The van der Waals surface area contributed by atoms with E-state index in [4.69, 9.17) is 14.6 Å². The largest absolute Gasteiger partial charge is 0.496 e. The molecule has 0 amide bonds. The van der Waals surface area contributed by atoms with Crippen LogP contribution < -0.4 is 9.47 Å². The lowest BCUT2D eigenvalue weighted by Crippen LogP contribution is -2.17. The van der Waals surface area contributed by atoms with E-state index in [-0.39, 0.29) is 18.2 Å². The minimum absolute atomic E-state index is 0.0249. The fraction of sp³-hybridized carbons (Fsp3) is 0.345. The summed E-state index contributed by atoms with van der Waals surface area (Å²) in [6, 6.07) is 17.8. The number of hydrogen-bond donors (Lipinski definition) is 2. The quantitative estimate of drug-likeness (QED) is 0.348. The minimum Gasteiger partial charge on any atom is -0.496 e. The van der Waals surface area contributed by atoms with Gasteiger partial charge >= 0.3 is 5.97 Å². The molecule has 0 spiro atoms. The molecule has 0 bridgehead atoms. The number of aliphatic hydroxyl groups is 1. The van der Waals surface area contributed by atoms with Crippen molar-refractivity contribution in [3.8, 4) is 11.5 Å². The van der Waals surface area contributed by atoms with E-state index in [0.29, 0.717) is 36.3 Å². The summed E-state index contributed by atoms with van der Waals surface area (Å²) in [7, 11) is 3.18. The molecule has 0 aliphatic carbocycles. The van der Waals surface area contributed by atoms with Gasteiger partial charge in [0.1, 0.15) is 17.3 Å². The van der Waals surface area contributed by atoms with Crippen LogP contribution in [0.25, 0.3) is 0 Å². The first kappa shape index (κ1) is 26.2. The van der Waals surface area contributed by atoms with Crippen LogP contribution in [-0.2, 0) is 24.1 Å². The van der Waals surface area contributed by atoms with E-state index in [2.05, 4.69) is 0 Å². The van der Waals surface area contributed by atoms with Crippen molar-refractivity contribution < 1.29 is 28.9 Å². The van der Waals surface area contributed by atoms with E-state index < -0.39 is 12.1 Å². The first-order chi connectivity index (χ1) is 16.8. The van der Waals surface area contributed by atoms with Crippen molar-refractivity contribution in [1.82, 2.24) is 0 Å². The molecule has 3 rings (SSSR count). The SMILES string of the molecule is COc1cc([C@@H](O)[C@@H](CCCc2cccc(F)c2)Cc2ccc(CC(=O)O)cc2)cc(OC)c1C. The molecule has 186 valence electrons. The molecule has 2 atom stereocenters. The van der Waals surface area contributed by atoms with Gasteiger partial charge in [-0.1, -0.05) is 36.4 Å². The van der Waals surface area contributed by atoms with Crippen LogP contribution >= 0.6 is 0 Å². The van der Waals surface area contributed by atoms with E-state index >= 15 is 0 Å². The van der Waals surface area contributed by atoms with Crippen molar-refractivity contribution in [2.24, 2.45) is 5.92 Å². The molecule has 0 saturated heterocycles. The maximum absolute atomic E-state index is 13.6. The van der Waals surface area contributed by atoms with Gasteiger partial charge in [0.15, 0.2) is 0 Å². The summed E-state index contributed by atoms with van der Waals surface area (Å²) < 4.78 is 24.6. The van der Waals surface area contributed by atoms with Gasteiger partial charge < -0.3 is 19.7 Å². The molecule has 3 aromatic rings. The summed E-state index contributed by atoms with van der Waals surface area (Å²) in [5.41, 5.74) is 4.25. The summed E-state index contributed by atoms with van der Waals surface area (Å²) >= 11 is 0. The average Bonchev–Trinajstić information content (AvgIpc) is 2.84. The molecule has 0 aromatic heterocycles. The number of hydrogen-bond acceptors (Lipinski definition) is 4. The van der Waals surface area contributed by atoms with Crippen molar-refractivity contribution >= 4 is 5.97 Å². The van der Waals surface area contributed by atoms with Crippen molar-refractivity contribution in [2.75, 3.05) is 14.2 Å². The molecule has 0 heterocycles. The van der Waals surface area contributed by atoms with E-state index in [1.54, 1.807) is 26.4 Å². The van der Waals surface area contributed by atoms with Crippen LogP contribution in [-0.4, -0.2) is 30.4 Å². The number of carboxylic acid groups (broad SMARTS) is 1. The third-order valence-corrected chi connectivity index (χ3v) is 6.37. The molecule has 0 aliphatic heterocycles. The van der Waals surface area contributed by atoms with Gasteiger partial charge in [0.25, 0.3) is 0 Å². The molecular formula is C29H33FO5. The standard InChI is InChI=1S/C29H33FO5/c1-19-26(34-2)17-24(18-27(19)35-3)29(33)23(8-4-6-20-7-5-9-25(30)15-20)14-21-10-12-22(13-11-21)16-28(31)32/h5,7,9-13,15,17-18,23,29,33H,4,6,8,14,16H2,1-3H3,(H,31,32)/t23-,29-/m0/s1. The minimum atomic E-state index is -0.870. The maximum atomic E-state index is 13.6. The van der Waals surface area contributed by atoms with E-state index in [1.165, 1.54) is 6.07 Å². The predicted octanol–water partition coefficient (Wildman–Crippen LogP) is 5.69. The highest BCUT2D eigenvalue weighted by Crippen LogP contribution is 2.36. The van der Waals surface area contributed by atoms with Crippen LogP contribution in [0.15, 0.2) is 60.7 Å². The van der Waals surface area contributed by atoms with E-state index in [0.717, 1.165) is 28.7 Å². The number of rotatable bonds is 12. The molecule has 0 saturated carbocycles. The third kappa shape index (κ3) is 7.30. The highest BCUT2D eigenvalue weighted by Gasteiger charge is 2.24. The Morgan fingerprint density at radius 3 is 2.14 bits per heavy atom. The second-order valence-corrected chi connectivity index (χ2v) is 8.87. The van der Waals surface area contributed by atoms with Gasteiger partial charge in [-0.05, 0) is 85.0 Å². The fourth-order valence-corrected chi connectivity index (χ4v) is 4.45. The van der Waals surface area contributed by atoms with Crippen LogP contribution in [0.4, 0.5) is 4.39 Å². The second-order valence-electron chi connectivity index (χ2n) is 8.87. The average molecular weight is 481 g/mol. The number of carbonyl (C=O) groups is 1. The zero-order chi connectivity index (χ0) is 25.4. The molecule has 35 heavy (non-hydrogen) atoms. The Morgan fingerprint density at radius 1 is 0.943 bits per heavy atom. The Hall–Kier alpha value is -3.38. The smallest absolute Gasteiger partial charge is 0.307 e. The highest BCUT2D eigenvalue weighted by molar-refractivity contribution is 5.70. The Bertz CT molecular complexity index is 1100. The van der Waals surface area contributed by atoms with Crippen LogP contribution in [0.5, 0.6) is 11.5 Å². The number of benzene rings is 3. The summed E-state index contributed by atoms with van der Waals surface area (Å²) in [5.74, 6) is 0.0564. The maximum Gasteiger partial charge on any atom is 0.307 e. The Balaban J connectivity index is 1.82. The molecule has 0 radical (unpaired) electrons. The molecule has 0 aliphatic rings. The molecule has 5 nitrogen and oxygen atoms in total. The van der Waals surface area contributed by atoms with Gasteiger partial charge in [0.05, 0.1) is 26.7 Å². The lowest BCUT2D eigenvalue weighted by molar-refractivity contribution is -0.136. The monoisotopic (exact) mass is 480 g/mol. The summed E-state index contributed by atoms with van der Waals surface area (Å²) in [6.07, 6.45) is 2.01. The summed E-state index contributed by atoms with van der Waals surface area (Å²) in [5, 5.41) is 20.5. The Morgan fingerprint density at radius 2 is 1.57 bits per heavy atom. The fourth-order valence-electron chi connectivity index (χ4n) is 4.45. The van der Waals surface area contributed by atoms with Gasteiger partial charge in [0, 0.05) is 5.56 Å². The van der Waals surface area contributed by atoms with Gasteiger partial charge in [-0.25, -0.2) is 4.39 Å². The molecule has 0 unspecified atom stereocenters. The van der Waals surface area contributed by atoms with Crippen LogP contribution in [0, 0.1) is 18.7 Å². The van der Waals surface area contributed by atoms with Gasteiger partial charge in [0.2, 0.25) is 0 Å². The van der Waals surface area contributed by atoms with E-state index in [9.17, 15) is 14.3 Å². The number of ether oxygens (including phenoxy) is 2. The molecule has 6 heteroatoms. The van der Waals surface area contributed by atoms with Crippen LogP contribution in [0.3, 0.4) is 0 Å². The number of methoxy groups -OCH3 is 2. The van der Waals surface area contributed by atoms with Crippen molar-refractivity contribution in [3.05, 3.63) is 94.3 Å². The normalized spacial score (nSPS) is 12.7. The van der Waals surface area contributed by atoms with Gasteiger partial charge in [-0.3, -0.25) is 4.79 Å². The Kier molecular flexibility index (Phi) is 9.26. The lowest BCUT2D eigenvalue weighted by atomic mass is 9.85. The topological polar surface area (TPSA) is 76.0 Å². The molecule has 0 fully saturated rings. The van der Waals surface area contributed by atoms with Crippen LogP contribution in [0.2, 0.25) is 0 Å². The molecular weight excluding hydrogens is 447 g/mol. The van der Waals surface area contributed by atoms with Gasteiger partial charge in [-0.15, -0.1) is 0 Å². The summed E-state index contributed by atoms with van der Waals surface area (Å²) in [6.45, 7) is 1.91. The number of halogens is 1. The number of carboxylic acids is 1.